The summed E-state index contributed by atoms with van der Waals surface area (Å²) in [6.07, 6.45) is -0.805. The van der Waals surface area contributed by atoms with Crippen LogP contribution in [0.25, 0.3) is 0 Å². The van der Waals surface area contributed by atoms with E-state index in [1.807, 2.05) is 0 Å². The van der Waals surface area contributed by atoms with Crippen molar-refractivity contribution in [2.45, 2.75) is 51.9 Å². The van der Waals surface area contributed by atoms with Crippen LogP contribution in [0.5, 0.6) is 0 Å². The van der Waals surface area contributed by atoms with Crippen molar-refractivity contribution in [1.82, 2.24) is 9.80 Å². The van der Waals surface area contributed by atoms with Crippen molar-refractivity contribution < 1.29 is 32.3 Å². The van der Waals surface area contributed by atoms with Crippen LogP contribution in [-0.4, -0.2) is 58.1 Å². The first-order valence-corrected chi connectivity index (χ1v) is 10.8. The molecular formula is C24H27F4N3O3. The zero-order chi connectivity index (χ0) is 25.4. The molecular weight excluding hydrogens is 454 g/mol. The van der Waals surface area contributed by atoms with Crippen LogP contribution in [0.4, 0.5) is 23.2 Å². The lowest BCUT2D eigenvalue weighted by atomic mass is 9.99. The van der Waals surface area contributed by atoms with Gasteiger partial charge in [-0.25, -0.2) is 8.78 Å². The Kier molecular flexibility index (Phi) is 7.32. The van der Waals surface area contributed by atoms with E-state index in [4.69, 9.17) is 0 Å². The molecule has 0 radical (unpaired) electrons. The summed E-state index contributed by atoms with van der Waals surface area (Å²) in [4.78, 5) is 28.1. The second kappa shape index (κ2) is 9.71. The normalized spacial score (nSPS) is 20.2. The van der Waals surface area contributed by atoms with E-state index < -0.39 is 53.2 Å². The number of nitrogens with one attached hydrogen (secondary N) is 1. The van der Waals surface area contributed by atoms with Crippen LogP contribution in [0.3, 0.4) is 0 Å². The Balaban J connectivity index is 1.86. The SMILES string of the molecule is Cc1cc(NC(=O)c2ccc(F)c(C(F)(F)C(=O)N3[C@H](C)CN(C(C)O)C[C@@H]3C)c2)ccc1F. The number of benzene rings is 2. The molecule has 3 atom stereocenters. The van der Waals surface area contributed by atoms with Crippen LogP contribution in [0.2, 0.25) is 0 Å². The van der Waals surface area contributed by atoms with E-state index in [0.717, 1.165) is 17.0 Å². The molecule has 1 aliphatic heterocycles. The Hall–Kier alpha value is -2.98. The molecule has 1 aliphatic rings. The van der Waals surface area contributed by atoms with E-state index in [9.17, 15) is 23.5 Å². The van der Waals surface area contributed by atoms with Crippen molar-refractivity contribution in [3.8, 4) is 0 Å². The lowest BCUT2D eigenvalue weighted by molar-refractivity contribution is -0.170. The van der Waals surface area contributed by atoms with E-state index in [0.29, 0.717) is 12.1 Å². The minimum Gasteiger partial charge on any atom is -0.379 e. The van der Waals surface area contributed by atoms with Crippen LogP contribution in [-0.2, 0) is 10.7 Å². The Morgan fingerprint density at radius 2 is 1.65 bits per heavy atom. The van der Waals surface area contributed by atoms with Gasteiger partial charge in [-0.1, -0.05) is 0 Å². The number of nitrogens with zero attached hydrogens (tertiary/aromatic N) is 2. The van der Waals surface area contributed by atoms with Crippen LogP contribution in [0.1, 0.15) is 42.3 Å². The minimum atomic E-state index is -4.23. The van der Waals surface area contributed by atoms with Crippen molar-refractivity contribution in [1.29, 1.82) is 0 Å². The van der Waals surface area contributed by atoms with E-state index in [1.54, 1.807) is 25.7 Å². The Labute approximate surface area is 195 Å². The van der Waals surface area contributed by atoms with E-state index in [2.05, 4.69) is 5.32 Å². The van der Waals surface area contributed by atoms with Gasteiger partial charge in [-0.15, -0.1) is 0 Å². The van der Waals surface area contributed by atoms with Crippen molar-refractivity contribution in [3.05, 3.63) is 64.7 Å². The average Bonchev–Trinajstić information content (AvgIpc) is 2.75. The molecule has 184 valence electrons. The molecule has 0 saturated carbocycles. The summed E-state index contributed by atoms with van der Waals surface area (Å²) in [5.41, 5.74) is -0.992. The molecule has 34 heavy (non-hydrogen) atoms. The highest BCUT2D eigenvalue weighted by molar-refractivity contribution is 6.04. The van der Waals surface area contributed by atoms with Gasteiger partial charge in [0.25, 0.3) is 11.8 Å². The van der Waals surface area contributed by atoms with Gasteiger partial charge < -0.3 is 15.3 Å². The molecule has 0 spiro atoms. The minimum absolute atomic E-state index is 0.172. The van der Waals surface area contributed by atoms with Crippen molar-refractivity contribution in [2.24, 2.45) is 0 Å². The number of carbonyl (C=O) groups excluding carboxylic acids is 2. The van der Waals surface area contributed by atoms with Gasteiger partial charge in [0.05, 0.1) is 5.56 Å². The number of amides is 2. The predicted octanol–water partition coefficient (Wildman–Crippen LogP) is 3.88. The number of halogens is 4. The molecule has 2 N–H and O–H groups in total. The van der Waals surface area contributed by atoms with Gasteiger partial charge >= 0.3 is 5.92 Å². The number of aliphatic hydroxyl groups excluding tert-OH is 1. The topological polar surface area (TPSA) is 72.9 Å². The molecule has 2 amide bonds. The molecule has 0 aromatic heterocycles. The van der Waals surface area contributed by atoms with Crippen LogP contribution >= 0.6 is 0 Å². The molecule has 0 aliphatic carbocycles. The van der Waals surface area contributed by atoms with Gasteiger partial charge in [0.15, 0.2) is 0 Å². The van der Waals surface area contributed by atoms with Crippen LogP contribution < -0.4 is 5.32 Å². The first kappa shape index (κ1) is 25.6. The van der Waals surface area contributed by atoms with Crippen molar-refractivity contribution >= 4 is 17.5 Å². The summed E-state index contributed by atoms with van der Waals surface area (Å²) in [6.45, 7) is 6.53. The second-order valence-electron chi connectivity index (χ2n) is 8.68. The first-order valence-electron chi connectivity index (χ1n) is 10.8. The molecule has 10 heteroatoms. The summed E-state index contributed by atoms with van der Waals surface area (Å²) in [6, 6.07) is 4.88. The maximum atomic E-state index is 15.3. The maximum Gasteiger partial charge on any atom is 0.352 e. The largest absolute Gasteiger partial charge is 0.379 e. The average molecular weight is 481 g/mol. The molecule has 1 unspecified atom stereocenters. The number of alkyl halides is 2. The summed E-state index contributed by atoms with van der Waals surface area (Å²) in [5, 5.41) is 12.2. The Morgan fingerprint density at radius 3 is 2.21 bits per heavy atom. The molecule has 1 heterocycles. The number of hydrogen-bond donors (Lipinski definition) is 2. The van der Waals surface area contributed by atoms with Crippen molar-refractivity contribution in [2.75, 3.05) is 18.4 Å². The number of carbonyl (C=O) groups is 2. The first-order chi connectivity index (χ1) is 15.8. The highest BCUT2D eigenvalue weighted by Crippen LogP contribution is 2.35. The Morgan fingerprint density at radius 1 is 1.06 bits per heavy atom. The van der Waals surface area contributed by atoms with Gasteiger partial charge in [-0.05, 0) is 69.7 Å². The van der Waals surface area contributed by atoms with Gasteiger partial charge in [0, 0.05) is 36.4 Å². The molecule has 1 fully saturated rings. The number of piperazine rings is 1. The maximum absolute atomic E-state index is 15.3. The molecule has 1 saturated heterocycles. The zero-order valence-electron chi connectivity index (χ0n) is 19.3. The number of rotatable bonds is 5. The van der Waals surface area contributed by atoms with Crippen LogP contribution in [0, 0.1) is 18.6 Å². The highest BCUT2D eigenvalue weighted by atomic mass is 19.3. The third-order valence-electron chi connectivity index (χ3n) is 5.96. The van der Waals surface area contributed by atoms with Crippen molar-refractivity contribution in [3.63, 3.8) is 0 Å². The van der Waals surface area contributed by atoms with Gasteiger partial charge in [-0.3, -0.25) is 14.5 Å². The quantitative estimate of drug-likeness (QED) is 0.636. The molecule has 2 aromatic carbocycles. The summed E-state index contributed by atoms with van der Waals surface area (Å²) >= 11 is 0. The molecule has 2 aromatic rings. The summed E-state index contributed by atoms with van der Waals surface area (Å²) in [7, 11) is 0. The van der Waals surface area contributed by atoms with Gasteiger partial charge in [0.2, 0.25) is 0 Å². The fourth-order valence-electron chi connectivity index (χ4n) is 4.18. The predicted molar refractivity (Wildman–Crippen MR) is 118 cm³/mol. The van der Waals surface area contributed by atoms with Crippen LogP contribution in [0.15, 0.2) is 36.4 Å². The van der Waals surface area contributed by atoms with E-state index in [-0.39, 0.29) is 29.9 Å². The lowest BCUT2D eigenvalue weighted by Gasteiger charge is -2.46. The number of aliphatic hydroxyl groups is 1. The van der Waals surface area contributed by atoms with E-state index in [1.165, 1.54) is 19.1 Å². The fraction of sp³-hybridized carbons (Fsp3) is 0.417. The monoisotopic (exact) mass is 481 g/mol. The standard InChI is InChI=1S/C24H27F4N3O3/c1-13-9-18(6-8-20(13)25)29-22(33)17-5-7-21(26)19(10-17)24(27,28)23(34)31-14(2)11-30(16(4)32)12-15(31)3/h5-10,14-16,32H,11-12H2,1-4H3,(H,29,33)/t14-,15+,16?. The third kappa shape index (κ3) is 5.07. The lowest BCUT2D eigenvalue weighted by Crippen LogP contribution is -2.62. The smallest absolute Gasteiger partial charge is 0.352 e. The summed E-state index contributed by atoms with van der Waals surface area (Å²) in [5.74, 6) is -8.43. The fourth-order valence-corrected chi connectivity index (χ4v) is 4.18. The van der Waals surface area contributed by atoms with E-state index >= 15 is 8.78 Å². The second-order valence-corrected chi connectivity index (χ2v) is 8.68. The third-order valence-corrected chi connectivity index (χ3v) is 5.96. The number of hydrogen-bond acceptors (Lipinski definition) is 4. The van der Waals surface area contributed by atoms with Gasteiger partial charge in [0.1, 0.15) is 17.9 Å². The zero-order valence-corrected chi connectivity index (χ0v) is 19.3. The molecule has 6 nitrogen and oxygen atoms in total. The molecule has 3 rings (SSSR count). The Bertz CT molecular complexity index is 1080. The number of anilines is 1. The van der Waals surface area contributed by atoms with Gasteiger partial charge in [-0.2, -0.15) is 8.78 Å². The number of aryl methyl sites for hydroxylation is 1. The summed E-state index contributed by atoms with van der Waals surface area (Å²) < 4.78 is 58.5. The highest BCUT2D eigenvalue weighted by Gasteiger charge is 2.49. The molecule has 0 bridgehead atoms.